The van der Waals surface area contributed by atoms with E-state index in [-0.39, 0.29) is 18.4 Å². The third-order valence-electron chi connectivity index (χ3n) is 6.56. The van der Waals surface area contributed by atoms with Crippen LogP contribution < -0.4 is 21.3 Å². The first-order valence-corrected chi connectivity index (χ1v) is 12.9. The highest BCUT2D eigenvalue weighted by Gasteiger charge is 2.43. The van der Waals surface area contributed by atoms with E-state index in [9.17, 15) is 14.4 Å². The van der Waals surface area contributed by atoms with Gasteiger partial charge in [-0.1, -0.05) is 32.0 Å². The molecule has 2 aromatic rings. The fraction of sp³-hybridized carbons (Fsp3) is 0.414. The zero-order valence-corrected chi connectivity index (χ0v) is 22.2. The van der Waals surface area contributed by atoms with E-state index in [1.807, 2.05) is 56.3 Å². The van der Waals surface area contributed by atoms with E-state index < -0.39 is 17.5 Å². The molecule has 8 heteroatoms. The van der Waals surface area contributed by atoms with Crippen LogP contribution in [0.2, 0.25) is 0 Å². The molecule has 0 fully saturated rings. The Balaban J connectivity index is 1.84. The molecule has 0 heterocycles. The van der Waals surface area contributed by atoms with Crippen LogP contribution in [0.3, 0.4) is 0 Å². The van der Waals surface area contributed by atoms with Gasteiger partial charge in [0.25, 0.3) is 5.91 Å². The maximum absolute atomic E-state index is 13.7. The molecule has 1 aliphatic rings. The van der Waals surface area contributed by atoms with Crippen LogP contribution in [0.1, 0.15) is 50.8 Å². The zero-order valence-electron chi connectivity index (χ0n) is 22.2. The van der Waals surface area contributed by atoms with Gasteiger partial charge in [0.2, 0.25) is 5.91 Å². The Hall–Kier alpha value is -3.81. The summed E-state index contributed by atoms with van der Waals surface area (Å²) in [6, 6.07) is 13.5. The molecular weight excluding hydrogens is 468 g/mol. The van der Waals surface area contributed by atoms with Crippen molar-refractivity contribution in [2.24, 2.45) is 11.7 Å². The highest BCUT2D eigenvalue weighted by atomic mass is 16.5. The van der Waals surface area contributed by atoms with Crippen LogP contribution in [0.5, 0.6) is 0 Å². The molecule has 4 N–H and O–H groups in total. The molecule has 198 valence electrons. The number of alkyl carbamates (subject to hydrolysis) is 1. The highest BCUT2D eigenvalue weighted by Crippen LogP contribution is 2.32. The third-order valence-corrected chi connectivity index (χ3v) is 6.56. The van der Waals surface area contributed by atoms with Crippen molar-refractivity contribution >= 4 is 35.4 Å². The van der Waals surface area contributed by atoms with Crippen LogP contribution in [0.25, 0.3) is 6.08 Å². The van der Waals surface area contributed by atoms with Gasteiger partial charge in [-0.3, -0.25) is 9.59 Å². The standard InChI is InChI=1S/C29H38N4O4/c1-5-33(6-2)25-12-10-24(11-13-25)31-27(35)29(32-28(36)37-19-20(3)4)16-15-22-17-21(8-14-26(30)34)7-9-23(22)18-29/h7-14,17,20H,5-6,15-16,18-19H2,1-4H3,(H2,30,34)(H,31,35)(H,32,36)/b14-8+. The van der Waals surface area contributed by atoms with Crippen LogP contribution >= 0.6 is 0 Å². The molecule has 2 aromatic carbocycles. The second kappa shape index (κ2) is 12.4. The molecule has 0 saturated heterocycles. The van der Waals surface area contributed by atoms with Crippen LogP contribution in [0.15, 0.2) is 48.5 Å². The molecule has 0 aromatic heterocycles. The number of amides is 3. The smallest absolute Gasteiger partial charge is 0.408 e. The number of rotatable bonds is 10. The van der Waals surface area contributed by atoms with Crippen molar-refractivity contribution in [3.63, 3.8) is 0 Å². The average Bonchev–Trinajstić information content (AvgIpc) is 2.87. The summed E-state index contributed by atoms with van der Waals surface area (Å²) in [4.78, 5) is 39.7. The molecule has 0 saturated carbocycles. The number of fused-ring (bicyclic) bond motifs is 1. The Labute approximate surface area is 219 Å². The highest BCUT2D eigenvalue weighted by molar-refractivity contribution is 6.00. The predicted octanol–water partition coefficient (Wildman–Crippen LogP) is 4.28. The molecular formula is C29H38N4O4. The SMILES string of the molecule is CCN(CC)c1ccc(NC(=O)C2(NC(=O)OCC(C)C)CCc3cc(/C=C/C(N)=O)ccc3C2)cc1. The number of nitrogens with two attached hydrogens (primary N) is 1. The normalized spacial score (nSPS) is 16.8. The Morgan fingerprint density at radius 2 is 1.78 bits per heavy atom. The van der Waals surface area contributed by atoms with E-state index >= 15 is 0 Å². The zero-order chi connectivity index (χ0) is 27.0. The number of carbonyl (C=O) groups excluding carboxylic acids is 3. The summed E-state index contributed by atoms with van der Waals surface area (Å²) in [5.41, 5.74) is 8.67. The monoisotopic (exact) mass is 506 g/mol. The van der Waals surface area contributed by atoms with Gasteiger partial charge in [-0.25, -0.2) is 4.79 Å². The van der Waals surface area contributed by atoms with Crippen molar-refractivity contribution in [1.29, 1.82) is 0 Å². The topological polar surface area (TPSA) is 114 Å². The Morgan fingerprint density at radius 3 is 2.41 bits per heavy atom. The Bertz CT molecular complexity index is 1140. The molecule has 0 radical (unpaired) electrons. The predicted molar refractivity (Wildman–Crippen MR) is 147 cm³/mol. The van der Waals surface area contributed by atoms with E-state index in [2.05, 4.69) is 29.4 Å². The molecule has 3 amide bonds. The first kappa shape index (κ1) is 27.8. The number of anilines is 2. The minimum atomic E-state index is -1.16. The maximum Gasteiger partial charge on any atom is 0.408 e. The summed E-state index contributed by atoms with van der Waals surface area (Å²) in [5, 5.41) is 5.90. The van der Waals surface area contributed by atoms with Gasteiger partial charge in [0.1, 0.15) is 5.54 Å². The van der Waals surface area contributed by atoms with Gasteiger partial charge < -0.3 is 26.0 Å². The van der Waals surface area contributed by atoms with Crippen LogP contribution in [-0.4, -0.2) is 43.1 Å². The van der Waals surface area contributed by atoms with Gasteiger partial charge >= 0.3 is 6.09 Å². The van der Waals surface area contributed by atoms with Gasteiger partial charge in [0, 0.05) is 37.0 Å². The number of primary amides is 1. The molecule has 37 heavy (non-hydrogen) atoms. The summed E-state index contributed by atoms with van der Waals surface area (Å²) in [6.07, 6.45) is 3.68. The lowest BCUT2D eigenvalue weighted by molar-refractivity contribution is -0.122. The number of aryl methyl sites for hydroxylation is 1. The van der Waals surface area contributed by atoms with Gasteiger partial charge in [-0.2, -0.15) is 0 Å². The van der Waals surface area contributed by atoms with Crippen molar-refractivity contribution in [3.05, 3.63) is 65.2 Å². The third kappa shape index (κ3) is 7.35. The average molecular weight is 507 g/mol. The lowest BCUT2D eigenvalue weighted by Gasteiger charge is -2.37. The fourth-order valence-corrected chi connectivity index (χ4v) is 4.52. The van der Waals surface area contributed by atoms with E-state index in [4.69, 9.17) is 10.5 Å². The lowest BCUT2D eigenvalue weighted by Crippen LogP contribution is -2.60. The van der Waals surface area contributed by atoms with Crippen molar-refractivity contribution < 1.29 is 19.1 Å². The van der Waals surface area contributed by atoms with E-state index in [1.165, 1.54) is 6.08 Å². The van der Waals surface area contributed by atoms with E-state index in [1.54, 1.807) is 6.08 Å². The fourth-order valence-electron chi connectivity index (χ4n) is 4.52. The van der Waals surface area contributed by atoms with Gasteiger partial charge in [0.05, 0.1) is 6.61 Å². The second-order valence-corrected chi connectivity index (χ2v) is 9.81. The number of ether oxygens (including phenoxy) is 1. The van der Waals surface area contributed by atoms with Crippen molar-refractivity contribution in [2.75, 3.05) is 29.9 Å². The van der Waals surface area contributed by atoms with Crippen LogP contribution in [-0.2, 0) is 27.2 Å². The van der Waals surface area contributed by atoms with Crippen molar-refractivity contribution in [2.45, 2.75) is 52.5 Å². The molecule has 0 aliphatic heterocycles. The number of benzene rings is 2. The quantitative estimate of drug-likeness (QED) is 0.416. The minimum absolute atomic E-state index is 0.179. The second-order valence-electron chi connectivity index (χ2n) is 9.81. The molecule has 1 atom stereocenters. The van der Waals surface area contributed by atoms with E-state index in [0.717, 1.165) is 35.5 Å². The first-order valence-electron chi connectivity index (χ1n) is 12.9. The molecule has 1 aliphatic carbocycles. The maximum atomic E-state index is 13.7. The summed E-state index contributed by atoms with van der Waals surface area (Å²) in [5.74, 6) is -0.616. The number of hydrogen-bond donors (Lipinski definition) is 3. The molecule has 0 spiro atoms. The van der Waals surface area contributed by atoms with E-state index in [0.29, 0.717) is 24.9 Å². The van der Waals surface area contributed by atoms with Gasteiger partial charge in [0.15, 0.2) is 0 Å². The van der Waals surface area contributed by atoms with Gasteiger partial charge in [-0.15, -0.1) is 0 Å². The Morgan fingerprint density at radius 1 is 1.08 bits per heavy atom. The van der Waals surface area contributed by atoms with Crippen LogP contribution in [0, 0.1) is 5.92 Å². The summed E-state index contributed by atoms with van der Waals surface area (Å²) < 4.78 is 5.37. The molecule has 8 nitrogen and oxygen atoms in total. The number of carbonyl (C=O) groups is 3. The van der Waals surface area contributed by atoms with Crippen LogP contribution in [0.4, 0.5) is 16.2 Å². The summed E-state index contributed by atoms with van der Waals surface area (Å²) >= 11 is 0. The molecule has 1 unspecified atom stereocenters. The molecule has 3 rings (SSSR count). The number of hydrogen-bond acceptors (Lipinski definition) is 5. The number of nitrogens with one attached hydrogen (secondary N) is 2. The summed E-state index contributed by atoms with van der Waals surface area (Å²) in [7, 11) is 0. The van der Waals surface area contributed by atoms with Gasteiger partial charge in [-0.05, 0) is 79.6 Å². The minimum Gasteiger partial charge on any atom is -0.449 e. The molecule has 0 bridgehead atoms. The first-order chi connectivity index (χ1) is 17.7. The number of nitrogens with zero attached hydrogens (tertiary/aromatic N) is 1. The summed E-state index contributed by atoms with van der Waals surface area (Å²) in [6.45, 7) is 10.2. The lowest BCUT2D eigenvalue weighted by atomic mass is 9.76. The van der Waals surface area contributed by atoms with Crippen molar-refractivity contribution in [1.82, 2.24) is 5.32 Å². The van der Waals surface area contributed by atoms with Crippen molar-refractivity contribution in [3.8, 4) is 0 Å². The largest absolute Gasteiger partial charge is 0.449 e. The Kier molecular flexibility index (Phi) is 9.33.